The summed E-state index contributed by atoms with van der Waals surface area (Å²) >= 11 is 0. The summed E-state index contributed by atoms with van der Waals surface area (Å²) in [7, 11) is 0. The second-order valence-corrected chi connectivity index (χ2v) is 5.95. The molecule has 1 fully saturated rings. The minimum Gasteiger partial charge on any atom is -0.392 e. The summed E-state index contributed by atoms with van der Waals surface area (Å²) in [4.78, 5) is 5.31. The molecule has 1 aliphatic carbocycles. The van der Waals surface area contributed by atoms with E-state index in [1.807, 2.05) is 0 Å². The molecule has 0 radical (unpaired) electrons. The first-order valence-electron chi connectivity index (χ1n) is 6.81. The summed E-state index contributed by atoms with van der Waals surface area (Å²) in [6.45, 7) is 13.4. The van der Waals surface area contributed by atoms with Crippen molar-refractivity contribution in [2.45, 2.75) is 53.4 Å². The van der Waals surface area contributed by atoms with Crippen LogP contribution in [0.15, 0.2) is 17.8 Å². The van der Waals surface area contributed by atoms with Crippen LogP contribution in [0.3, 0.4) is 0 Å². The van der Waals surface area contributed by atoms with Gasteiger partial charge in [-0.2, -0.15) is 0 Å². The lowest BCUT2D eigenvalue weighted by Gasteiger charge is -2.38. The fourth-order valence-corrected chi connectivity index (χ4v) is 2.58. The summed E-state index contributed by atoms with van der Waals surface area (Å²) in [5.41, 5.74) is 1.59. The lowest BCUT2D eigenvalue weighted by Crippen LogP contribution is -2.35. The van der Waals surface area contributed by atoms with Crippen molar-refractivity contribution >= 4 is 5.71 Å². The lowest BCUT2D eigenvalue weighted by atomic mass is 9.67. The maximum absolute atomic E-state index is 5.31. The van der Waals surface area contributed by atoms with Crippen molar-refractivity contribution in [2.24, 2.45) is 22.4 Å². The van der Waals surface area contributed by atoms with Crippen molar-refractivity contribution in [3.05, 3.63) is 12.7 Å². The Bertz CT molecular complexity index is 281. The largest absolute Gasteiger partial charge is 0.392 e. The Morgan fingerprint density at radius 1 is 1.47 bits per heavy atom. The molecule has 2 atom stereocenters. The molecule has 2 heteroatoms. The van der Waals surface area contributed by atoms with Crippen LogP contribution < -0.4 is 0 Å². The van der Waals surface area contributed by atoms with Crippen molar-refractivity contribution in [3.8, 4) is 0 Å². The fourth-order valence-electron chi connectivity index (χ4n) is 2.58. The molecule has 0 bridgehead atoms. The Hall–Kier alpha value is -0.790. The van der Waals surface area contributed by atoms with Crippen LogP contribution in [0, 0.1) is 17.3 Å². The standard InChI is InChI=1S/C15H27NO/c1-6-10-17-16-14-11-12(3)8-9-13(14)15(4,5)7-2/h6,12-13H,1,7-11H2,2-5H3/b16-14+/t12-,13-/m1/s1. The Balaban J connectivity index is 2.78. The molecule has 0 aromatic heterocycles. The summed E-state index contributed by atoms with van der Waals surface area (Å²) in [6, 6.07) is 0. The zero-order valence-electron chi connectivity index (χ0n) is 11.8. The van der Waals surface area contributed by atoms with Gasteiger partial charge in [0.1, 0.15) is 6.61 Å². The zero-order valence-corrected chi connectivity index (χ0v) is 11.8. The molecule has 0 N–H and O–H groups in total. The topological polar surface area (TPSA) is 21.6 Å². The third-order valence-electron chi connectivity index (χ3n) is 4.14. The van der Waals surface area contributed by atoms with E-state index < -0.39 is 0 Å². The van der Waals surface area contributed by atoms with E-state index in [0.717, 1.165) is 12.3 Å². The van der Waals surface area contributed by atoms with E-state index in [0.29, 0.717) is 17.9 Å². The normalized spacial score (nSPS) is 28.1. The number of hydrogen-bond acceptors (Lipinski definition) is 2. The second-order valence-electron chi connectivity index (χ2n) is 5.95. The summed E-state index contributed by atoms with van der Waals surface area (Å²) in [6.07, 6.45) is 6.58. The summed E-state index contributed by atoms with van der Waals surface area (Å²) in [5.74, 6) is 1.32. The SMILES string of the molecule is C=CCO/N=C1\C[C@H](C)CC[C@H]1C(C)(C)CC. The first-order valence-corrected chi connectivity index (χ1v) is 6.81. The number of nitrogens with zero attached hydrogens (tertiary/aromatic N) is 1. The van der Waals surface area contributed by atoms with E-state index >= 15 is 0 Å². The Morgan fingerprint density at radius 3 is 2.76 bits per heavy atom. The Kier molecular flexibility index (Phi) is 5.23. The van der Waals surface area contributed by atoms with E-state index in [2.05, 4.69) is 39.4 Å². The lowest BCUT2D eigenvalue weighted by molar-refractivity contribution is 0.158. The minimum absolute atomic E-state index is 0.330. The van der Waals surface area contributed by atoms with E-state index in [1.165, 1.54) is 25.0 Å². The van der Waals surface area contributed by atoms with Gasteiger partial charge in [0.2, 0.25) is 0 Å². The fraction of sp³-hybridized carbons (Fsp3) is 0.800. The van der Waals surface area contributed by atoms with E-state index in [1.54, 1.807) is 6.08 Å². The van der Waals surface area contributed by atoms with E-state index in [4.69, 9.17) is 4.84 Å². The minimum atomic E-state index is 0.330. The van der Waals surface area contributed by atoms with Gasteiger partial charge in [-0.05, 0) is 30.6 Å². The van der Waals surface area contributed by atoms with Crippen LogP contribution >= 0.6 is 0 Å². The van der Waals surface area contributed by atoms with Gasteiger partial charge in [0, 0.05) is 5.92 Å². The van der Waals surface area contributed by atoms with Crippen molar-refractivity contribution in [2.75, 3.05) is 6.61 Å². The van der Waals surface area contributed by atoms with Crippen LogP contribution in [0.2, 0.25) is 0 Å². The van der Waals surface area contributed by atoms with Crippen molar-refractivity contribution in [1.82, 2.24) is 0 Å². The molecule has 1 rings (SSSR count). The molecule has 0 aromatic rings. The van der Waals surface area contributed by atoms with Gasteiger partial charge in [0.25, 0.3) is 0 Å². The second kappa shape index (κ2) is 6.23. The molecule has 1 saturated carbocycles. The van der Waals surface area contributed by atoms with Crippen molar-refractivity contribution in [3.63, 3.8) is 0 Å². The van der Waals surface area contributed by atoms with E-state index in [9.17, 15) is 0 Å². The van der Waals surface area contributed by atoms with Gasteiger partial charge in [-0.3, -0.25) is 0 Å². The van der Waals surface area contributed by atoms with Crippen LogP contribution in [0.4, 0.5) is 0 Å². The quantitative estimate of drug-likeness (QED) is 0.394. The molecular formula is C15H27NO. The van der Waals surface area contributed by atoms with Crippen LogP contribution in [0.1, 0.15) is 53.4 Å². The van der Waals surface area contributed by atoms with Crippen LogP contribution in [-0.4, -0.2) is 12.3 Å². The van der Waals surface area contributed by atoms with Gasteiger partial charge < -0.3 is 4.84 Å². The number of oxime groups is 1. The van der Waals surface area contributed by atoms with Crippen molar-refractivity contribution < 1.29 is 4.84 Å². The maximum Gasteiger partial charge on any atom is 0.135 e. The maximum atomic E-state index is 5.31. The van der Waals surface area contributed by atoms with Gasteiger partial charge in [-0.15, -0.1) is 0 Å². The highest BCUT2D eigenvalue weighted by Crippen LogP contribution is 2.40. The Labute approximate surface area is 106 Å². The molecule has 0 saturated heterocycles. The molecule has 0 unspecified atom stereocenters. The molecule has 98 valence electrons. The third-order valence-corrected chi connectivity index (χ3v) is 4.14. The zero-order chi connectivity index (χ0) is 12.9. The molecule has 0 amide bonds. The average molecular weight is 237 g/mol. The van der Waals surface area contributed by atoms with Gasteiger partial charge in [-0.1, -0.05) is 51.9 Å². The van der Waals surface area contributed by atoms with Gasteiger partial charge in [0.05, 0.1) is 5.71 Å². The first-order chi connectivity index (χ1) is 8.01. The summed E-state index contributed by atoms with van der Waals surface area (Å²) < 4.78 is 0. The van der Waals surface area contributed by atoms with Gasteiger partial charge >= 0.3 is 0 Å². The molecule has 1 aliphatic rings. The number of hydrogen-bond donors (Lipinski definition) is 0. The first kappa shape index (κ1) is 14.3. The molecule has 0 heterocycles. The molecule has 0 aromatic carbocycles. The van der Waals surface area contributed by atoms with Crippen LogP contribution in [0.5, 0.6) is 0 Å². The molecule has 2 nitrogen and oxygen atoms in total. The molecule has 0 spiro atoms. The average Bonchev–Trinajstić information content (AvgIpc) is 2.29. The van der Waals surface area contributed by atoms with Gasteiger partial charge in [0.15, 0.2) is 0 Å². The van der Waals surface area contributed by atoms with Crippen molar-refractivity contribution in [1.29, 1.82) is 0 Å². The molecule has 17 heavy (non-hydrogen) atoms. The van der Waals surface area contributed by atoms with Crippen LogP contribution in [-0.2, 0) is 4.84 Å². The Morgan fingerprint density at radius 2 is 2.18 bits per heavy atom. The summed E-state index contributed by atoms with van der Waals surface area (Å²) in [5, 5.41) is 4.36. The molecule has 0 aliphatic heterocycles. The highest BCUT2D eigenvalue weighted by atomic mass is 16.6. The predicted octanol–water partition coefficient (Wildman–Crippen LogP) is 4.42. The van der Waals surface area contributed by atoms with Gasteiger partial charge in [-0.25, -0.2) is 0 Å². The van der Waals surface area contributed by atoms with Crippen LogP contribution in [0.25, 0.3) is 0 Å². The molecular weight excluding hydrogens is 210 g/mol. The monoisotopic (exact) mass is 237 g/mol. The smallest absolute Gasteiger partial charge is 0.135 e. The van der Waals surface area contributed by atoms with E-state index in [-0.39, 0.29) is 0 Å². The highest BCUT2D eigenvalue weighted by molar-refractivity contribution is 5.87. The predicted molar refractivity (Wildman–Crippen MR) is 74.2 cm³/mol. The third kappa shape index (κ3) is 3.86. The number of rotatable bonds is 5. The highest BCUT2D eigenvalue weighted by Gasteiger charge is 2.35.